The molecule has 0 aliphatic carbocycles. The fraction of sp³-hybridized carbons (Fsp3) is 0.812. The van der Waals surface area contributed by atoms with Crippen molar-refractivity contribution in [2.24, 2.45) is 5.92 Å². The summed E-state index contributed by atoms with van der Waals surface area (Å²) in [4.78, 5) is 18.0. The van der Waals surface area contributed by atoms with Crippen LogP contribution in [-0.2, 0) is 0 Å². The summed E-state index contributed by atoms with van der Waals surface area (Å²) in [6.07, 6.45) is 1.16. The predicted octanol–water partition coefficient (Wildman–Crippen LogP) is 0.874. The van der Waals surface area contributed by atoms with Gasteiger partial charge in [0.1, 0.15) is 0 Å². The maximum atomic E-state index is 9.00. The molecule has 1 aliphatic heterocycles. The molecule has 1 saturated heterocycles. The van der Waals surface area contributed by atoms with Gasteiger partial charge in [0, 0.05) is 32.2 Å². The standard InChI is InChI=1S/C16H31N7O/c1-5-22(4)10-13-6-8-23(11-13)16-20-14(17-7-9-24)19-15(21-16)18-12(2)3/h12-13,24H,5-11H2,1-4H3,(H2,17,18,19,20,21)/t13-/m1/s1. The lowest BCUT2D eigenvalue weighted by Crippen LogP contribution is -2.29. The van der Waals surface area contributed by atoms with Crippen LogP contribution in [0.3, 0.4) is 0 Å². The third-order valence-corrected chi connectivity index (χ3v) is 4.11. The van der Waals surface area contributed by atoms with Crippen LogP contribution in [-0.4, -0.2) is 77.4 Å². The van der Waals surface area contributed by atoms with Crippen molar-refractivity contribution in [3.05, 3.63) is 0 Å². The van der Waals surface area contributed by atoms with Gasteiger partial charge in [-0.2, -0.15) is 15.0 Å². The first kappa shape index (κ1) is 18.7. The minimum atomic E-state index is 0.0447. The molecule has 2 rings (SSSR count). The van der Waals surface area contributed by atoms with Gasteiger partial charge in [0.25, 0.3) is 0 Å². The Kier molecular flexibility index (Phi) is 6.99. The minimum absolute atomic E-state index is 0.0447. The third-order valence-electron chi connectivity index (χ3n) is 4.11. The van der Waals surface area contributed by atoms with Gasteiger partial charge in [-0.15, -0.1) is 0 Å². The van der Waals surface area contributed by atoms with E-state index < -0.39 is 0 Å². The molecule has 1 aliphatic rings. The number of rotatable bonds is 9. The average Bonchev–Trinajstić information content (AvgIpc) is 3.00. The number of aliphatic hydroxyl groups excluding tert-OH is 1. The lowest BCUT2D eigenvalue weighted by Gasteiger charge is -2.21. The molecule has 24 heavy (non-hydrogen) atoms. The first-order chi connectivity index (χ1) is 11.5. The van der Waals surface area contributed by atoms with E-state index in [1.165, 1.54) is 0 Å². The zero-order valence-corrected chi connectivity index (χ0v) is 15.3. The molecule has 0 saturated carbocycles. The Hall–Kier alpha value is -1.67. The zero-order chi connectivity index (χ0) is 17.5. The fourth-order valence-electron chi connectivity index (χ4n) is 2.81. The largest absolute Gasteiger partial charge is 0.395 e. The second-order valence-corrected chi connectivity index (χ2v) is 6.69. The highest BCUT2D eigenvalue weighted by molar-refractivity contribution is 5.44. The van der Waals surface area contributed by atoms with Crippen molar-refractivity contribution in [3.8, 4) is 0 Å². The van der Waals surface area contributed by atoms with E-state index in [0.717, 1.165) is 32.6 Å². The van der Waals surface area contributed by atoms with Gasteiger partial charge in [0.05, 0.1) is 6.61 Å². The second-order valence-electron chi connectivity index (χ2n) is 6.69. The van der Waals surface area contributed by atoms with Gasteiger partial charge in [-0.1, -0.05) is 6.92 Å². The topological polar surface area (TPSA) is 89.4 Å². The van der Waals surface area contributed by atoms with E-state index in [1.54, 1.807) is 0 Å². The summed E-state index contributed by atoms with van der Waals surface area (Å²) in [6.45, 7) is 10.9. The quantitative estimate of drug-likeness (QED) is 0.612. The van der Waals surface area contributed by atoms with Crippen LogP contribution >= 0.6 is 0 Å². The number of nitrogens with zero attached hydrogens (tertiary/aromatic N) is 5. The Morgan fingerprint density at radius 2 is 2.04 bits per heavy atom. The smallest absolute Gasteiger partial charge is 0.231 e. The van der Waals surface area contributed by atoms with Gasteiger partial charge in [0.15, 0.2) is 0 Å². The summed E-state index contributed by atoms with van der Waals surface area (Å²) in [7, 11) is 2.16. The second kappa shape index (κ2) is 8.98. The highest BCUT2D eigenvalue weighted by atomic mass is 16.3. The van der Waals surface area contributed by atoms with Gasteiger partial charge >= 0.3 is 0 Å². The average molecular weight is 337 g/mol. The number of aromatic nitrogens is 3. The van der Waals surface area contributed by atoms with Crippen molar-refractivity contribution in [3.63, 3.8) is 0 Å². The fourth-order valence-corrected chi connectivity index (χ4v) is 2.81. The lowest BCUT2D eigenvalue weighted by molar-refractivity contribution is 0.300. The van der Waals surface area contributed by atoms with E-state index in [-0.39, 0.29) is 12.6 Å². The number of hydrogen-bond donors (Lipinski definition) is 3. The van der Waals surface area contributed by atoms with Crippen molar-refractivity contribution in [1.29, 1.82) is 0 Å². The van der Waals surface area contributed by atoms with Gasteiger partial charge in [-0.3, -0.25) is 0 Å². The van der Waals surface area contributed by atoms with Crippen molar-refractivity contribution in [1.82, 2.24) is 19.9 Å². The first-order valence-corrected chi connectivity index (χ1v) is 8.82. The van der Waals surface area contributed by atoms with Crippen LogP contribution in [0, 0.1) is 5.92 Å². The molecule has 136 valence electrons. The van der Waals surface area contributed by atoms with E-state index in [2.05, 4.69) is 63.2 Å². The first-order valence-electron chi connectivity index (χ1n) is 8.82. The van der Waals surface area contributed by atoms with Crippen LogP contribution in [0.4, 0.5) is 17.8 Å². The molecule has 0 spiro atoms. The summed E-state index contributed by atoms with van der Waals surface area (Å²) in [6, 6.07) is 0.246. The molecule has 0 unspecified atom stereocenters. The normalized spacial score (nSPS) is 17.8. The van der Waals surface area contributed by atoms with Crippen molar-refractivity contribution in [2.75, 3.05) is 61.9 Å². The molecule has 2 heterocycles. The molecule has 0 radical (unpaired) electrons. The lowest BCUT2D eigenvalue weighted by atomic mass is 10.1. The van der Waals surface area contributed by atoms with Gasteiger partial charge in [0.2, 0.25) is 17.8 Å². The van der Waals surface area contributed by atoms with Crippen LogP contribution in [0.5, 0.6) is 0 Å². The van der Waals surface area contributed by atoms with Crippen LogP contribution in [0.1, 0.15) is 27.2 Å². The molecular formula is C16H31N7O. The maximum absolute atomic E-state index is 9.00. The van der Waals surface area contributed by atoms with Crippen LogP contribution in [0.2, 0.25) is 0 Å². The molecule has 8 heteroatoms. The predicted molar refractivity (Wildman–Crippen MR) is 97.7 cm³/mol. The van der Waals surface area contributed by atoms with E-state index in [1.807, 2.05) is 0 Å². The maximum Gasteiger partial charge on any atom is 0.231 e. The molecule has 0 bridgehead atoms. The molecule has 1 atom stereocenters. The van der Waals surface area contributed by atoms with Crippen molar-refractivity contribution in [2.45, 2.75) is 33.2 Å². The molecule has 0 aromatic carbocycles. The minimum Gasteiger partial charge on any atom is -0.395 e. The van der Waals surface area contributed by atoms with Gasteiger partial charge in [-0.25, -0.2) is 0 Å². The summed E-state index contributed by atoms with van der Waals surface area (Å²) in [5, 5.41) is 15.3. The third kappa shape index (κ3) is 5.45. The number of aliphatic hydroxyl groups is 1. The van der Waals surface area contributed by atoms with Crippen molar-refractivity contribution >= 4 is 17.8 Å². The summed E-state index contributed by atoms with van der Waals surface area (Å²) >= 11 is 0. The van der Waals surface area contributed by atoms with E-state index in [4.69, 9.17) is 5.11 Å². The summed E-state index contributed by atoms with van der Waals surface area (Å²) in [5.41, 5.74) is 0. The van der Waals surface area contributed by atoms with Crippen LogP contribution in [0.25, 0.3) is 0 Å². The van der Waals surface area contributed by atoms with Crippen LogP contribution < -0.4 is 15.5 Å². The number of hydrogen-bond acceptors (Lipinski definition) is 8. The molecule has 1 aromatic heterocycles. The molecular weight excluding hydrogens is 306 g/mol. The monoisotopic (exact) mass is 337 g/mol. The van der Waals surface area contributed by atoms with E-state index >= 15 is 0 Å². The van der Waals surface area contributed by atoms with Gasteiger partial charge < -0.3 is 25.5 Å². The SMILES string of the molecule is CCN(C)C[C@H]1CCN(c2nc(NCCO)nc(NC(C)C)n2)C1. The summed E-state index contributed by atoms with van der Waals surface area (Å²) < 4.78 is 0. The number of anilines is 3. The highest BCUT2D eigenvalue weighted by Crippen LogP contribution is 2.23. The molecule has 0 amide bonds. The molecule has 1 aromatic rings. The Balaban J connectivity index is 2.10. The molecule has 3 N–H and O–H groups in total. The zero-order valence-electron chi connectivity index (χ0n) is 15.3. The van der Waals surface area contributed by atoms with E-state index in [0.29, 0.717) is 30.3 Å². The van der Waals surface area contributed by atoms with Gasteiger partial charge in [-0.05, 0) is 39.8 Å². The van der Waals surface area contributed by atoms with Crippen LogP contribution in [0.15, 0.2) is 0 Å². The number of nitrogens with one attached hydrogen (secondary N) is 2. The highest BCUT2D eigenvalue weighted by Gasteiger charge is 2.26. The Morgan fingerprint density at radius 1 is 1.29 bits per heavy atom. The molecule has 1 fully saturated rings. The molecule has 8 nitrogen and oxygen atoms in total. The Bertz CT molecular complexity index is 511. The van der Waals surface area contributed by atoms with E-state index in [9.17, 15) is 0 Å². The van der Waals surface area contributed by atoms with Crippen molar-refractivity contribution < 1.29 is 5.11 Å². The Labute approximate surface area is 144 Å². The summed E-state index contributed by atoms with van der Waals surface area (Å²) in [5.74, 6) is 2.42. The Morgan fingerprint density at radius 3 is 2.71 bits per heavy atom.